The highest BCUT2D eigenvalue weighted by Crippen LogP contribution is 2.35. The number of carbonyl (C=O) groups excluding carboxylic acids is 2. The van der Waals surface area contributed by atoms with E-state index in [1.165, 1.54) is 19.3 Å². The summed E-state index contributed by atoms with van der Waals surface area (Å²) in [5.41, 5.74) is 2.38. The first-order valence-corrected chi connectivity index (χ1v) is 9.58. The van der Waals surface area contributed by atoms with E-state index in [2.05, 4.69) is 29.8 Å². The van der Waals surface area contributed by atoms with Crippen molar-refractivity contribution in [3.63, 3.8) is 0 Å². The van der Waals surface area contributed by atoms with E-state index in [0.717, 1.165) is 36.3 Å². The van der Waals surface area contributed by atoms with Crippen LogP contribution in [0.25, 0.3) is 0 Å². The van der Waals surface area contributed by atoms with Gasteiger partial charge in [-0.05, 0) is 36.8 Å². The number of ketones is 1. The number of rotatable bonds is 4. The molecule has 140 valence electrons. The molecule has 0 bridgehead atoms. The van der Waals surface area contributed by atoms with Crippen LogP contribution in [0.4, 0.5) is 16.2 Å². The number of benzene rings is 1. The standard InChI is InChI=1S/C21H29N3O2/c1-21(2)13-16(12-17(25)14-21)22-18-10-6-7-11-19(18)24-20(26)23-15-8-4-3-5-9-15/h6-7,10-12,15,22H,3-5,8-9,13-14H2,1-2H3,(H2,23,24,26). The SMILES string of the molecule is CC1(C)CC(=O)C=C(Nc2ccccc2NC(=O)NC2CCCCC2)C1. The summed E-state index contributed by atoms with van der Waals surface area (Å²) in [6, 6.07) is 7.71. The molecule has 1 saturated carbocycles. The van der Waals surface area contributed by atoms with Crippen LogP contribution in [0.2, 0.25) is 0 Å². The minimum Gasteiger partial charge on any atom is -0.357 e. The van der Waals surface area contributed by atoms with Crippen LogP contribution in [0.1, 0.15) is 58.8 Å². The minimum absolute atomic E-state index is 0.0467. The van der Waals surface area contributed by atoms with Gasteiger partial charge in [0.15, 0.2) is 5.78 Å². The second-order valence-electron chi connectivity index (χ2n) is 8.26. The maximum absolute atomic E-state index is 12.4. The molecule has 0 aliphatic heterocycles. The molecule has 0 unspecified atom stereocenters. The van der Waals surface area contributed by atoms with Gasteiger partial charge in [0.2, 0.25) is 0 Å². The third-order valence-electron chi connectivity index (χ3n) is 5.07. The van der Waals surface area contributed by atoms with Crippen LogP contribution in [0, 0.1) is 5.41 Å². The zero-order valence-corrected chi connectivity index (χ0v) is 15.7. The maximum Gasteiger partial charge on any atom is 0.319 e. The van der Waals surface area contributed by atoms with Gasteiger partial charge in [-0.3, -0.25) is 4.79 Å². The lowest BCUT2D eigenvalue weighted by molar-refractivity contribution is -0.117. The molecule has 0 heterocycles. The Morgan fingerprint density at radius 2 is 1.73 bits per heavy atom. The van der Waals surface area contributed by atoms with Crippen molar-refractivity contribution in [2.75, 3.05) is 10.6 Å². The van der Waals surface area contributed by atoms with Crippen molar-refractivity contribution in [1.82, 2.24) is 5.32 Å². The zero-order chi connectivity index (χ0) is 18.6. The summed E-state index contributed by atoms with van der Waals surface area (Å²) >= 11 is 0. The van der Waals surface area contributed by atoms with Crippen LogP contribution in [0.15, 0.2) is 36.0 Å². The van der Waals surface area contributed by atoms with E-state index in [4.69, 9.17) is 0 Å². The van der Waals surface area contributed by atoms with Gasteiger partial charge in [-0.1, -0.05) is 45.2 Å². The summed E-state index contributed by atoms with van der Waals surface area (Å²) < 4.78 is 0. The van der Waals surface area contributed by atoms with Crippen molar-refractivity contribution in [1.29, 1.82) is 0 Å². The van der Waals surface area contributed by atoms with Gasteiger partial charge in [0.1, 0.15) is 0 Å². The molecule has 0 radical (unpaired) electrons. The lowest BCUT2D eigenvalue weighted by Gasteiger charge is -2.29. The van der Waals surface area contributed by atoms with Gasteiger partial charge in [0.25, 0.3) is 0 Å². The molecule has 2 amide bonds. The Balaban J connectivity index is 1.66. The Hall–Kier alpha value is -2.30. The van der Waals surface area contributed by atoms with E-state index in [1.54, 1.807) is 6.08 Å². The second kappa shape index (κ2) is 7.94. The first kappa shape index (κ1) is 18.5. The highest BCUT2D eigenvalue weighted by atomic mass is 16.2. The first-order chi connectivity index (χ1) is 12.4. The van der Waals surface area contributed by atoms with E-state index in [9.17, 15) is 9.59 Å². The summed E-state index contributed by atoms with van der Waals surface area (Å²) in [7, 11) is 0. The molecular formula is C21H29N3O2. The summed E-state index contributed by atoms with van der Waals surface area (Å²) in [5.74, 6) is 0.143. The van der Waals surface area contributed by atoms with E-state index in [-0.39, 0.29) is 23.3 Å². The van der Waals surface area contributed by atoms with Crippen LogP contribution in [0.3, 0.4) is 0 Å². The van der Waals surface area contributed by atoms with Crippen molar-refractivity contribution in [3.8, 4) is 0 Å². The van der Waals surface area contributed by atoms with E-state index >= 15 is 0 Å². The maximum atomic E-state index is 12.4. The molecule has 0 spiro atoms. The molecule has 0 aromatic heterocycles. The average molecular weight is 355 g/mol. The largest absolute Gasteiger partial charge is 0.357 e. The molecule has 2 aliphatic carbocycles. The quantitative estimate of drug-likeness (QED) is 0.725. The number of carbonyl (C=O) groups is 2. The number of nitrogens with one attached hydrogen (secondary N) is 3. The van der Waals surface area contributed by atoms with E-state index in [1.807, 2.05) is 24.3 Å². The highest BCUT2D eigenvalue weighted by Gasteiger charge is 2.27. The summed E-state index contributed by atoms with van der Waals surface area (Å²) in [6.45, 7) is 4.20. The second-order valence-corrected chi connectivity index (χ2v) is 8.26. The molecule has 1 aromatic carbocycles. The number of hydrogen-bond donors (Lipinski definition) is 3. The molecule has 0 saturated heterocycles. The summed E-state index contributed by atoms with van der Waals surface area (Å²) in [4.78, 5) is 24.3. The fourth-order valence-corrected chi connectivity index (χ4v) is 3.89. The molecule has 3 rings (SSSR count). The van der Waals surface area contributed by atoms with Crippen LogP contribution in [-0.4, -0.2) is 17.9 Å². The lowest BCUT2D eigenvalue weighted by atomic mass is 9.79. The van der Waals surface area contributed by atoms with Crippen molar-refractivity contribution in [3.05, 3.63) is 36.0 Å². The van der Waals surface area contributed by atoms with Gasteiger partial charge in [-0.15, -0.1) is 0 Å². The molecule has 1 aromatic rings. The fourth-order valence-electron chi connectivity index (χ4n) is 3.89. The summed E-state index contributed by atoms with van der Waals surface area (Å²) in [5, 5.41) is 9.37. The van der Waals surface area contributed by atoms with Crippen molar-refractivity contribution < 1.29 is 9.59 Å². The van der Waals surface area contributed by atoms with Crippen LogP contribution >= 0.6 is 0 Å². The molecule has 0 atom stereocenters. The van der Waals surface area contributed by atoms with Crippen molar-refractivity contribution >= 4 is 23.2 Å². The van der Waals surface area contributed by atoms with Crippen molar-refractivity contribution in [2.45, 2.75) is 64.8 Å². The van der Waals surface area contributed by atoms with Gasteiger partial charge in [0, 0.05) is 24.2 Å². The van der Waals surface area contributed by atoms with Crippen LogP contribution in [0.5, 0.6) is 0 Å². The fraction of sp³-hybridized carbons (Fsp3) is 0.524. The number of hydrogen-bond acceptors (Lipinski definition) is 3. The van der Waals surface area contributed by atoms with Gasteiger partial charge in [-0.25, -0.2) is 4.79 Å². The van der Waals surface area contributed by atoms with E-state index in [0.29, 0.717) is 6.42 Å². The number of urea groups is 1. The predicted molar refractivity (Wildman–Crippen MR) is 105 cm³/mol. The predicted octanol–water partition coefficient (Wildman–Crippen LogP) is 4.83. The Bertz CT molecular complexity index is 703. The molecule has 5 nitrogen and oxygen atoms in total. The number of amides is 2. The first-order valence-electron chi connectivity index (χ1n) is 9.58. The van der Waals surface area contributed by atoms with Gasteiger partial charge in [-0.2, -0.15) is 0 Å². The van der Waals surface area contributed by atoms with Crippen molar-refractivity contribution in [2.24, 2.45) is 5.41 Å². The summed E-state index contributed by atoms with van der Waals surface area (Å²) in [6.07, 6.45) is 8.79. The van der Waals surface area contributed by atoms with Gasteiger partial charge < -0.3 is 16.0 Å². The Morgan fingerprint density at radius 3 is 2.42 bits per heavy atom. The Kier molecular flexibility index (Phi) is 5.64. The number of para-hydroxylation sites is 2. The third-order valence-corrected chi connectivity index (χ3v) is 5.07. The average Bonchev–Trinajstić information content (AvgIpc) is 2.55. The Morgan fingerprint density at radius 1 is 1.04 bits per heavy atom. The molecule has 2 aliphatic rings. The van der Waals surface area contributed by atoms with Gasteiger partial charge >= 0.3 is 6.03 Å². The van der Waals surface area contributed by atoms with E-state index < -0.39 is 0 Å². The molecule has 1 fully saturated rings. The molecule has 3 N–H and O–H groups in total. The molecular weight excluding hydrogens is 326 g/mol. The number of allylic oxidation sites excluding steroid dienone is 2. The smallest absolute Gasteiger partial charge is 0.319 e. The van der Waals surface area contributed by atoms with Crippen LogP contribution < -0.4 is 16.0 Å². The highest BCUT2D eigenvalue weighted by molar-refractivity contribution is 5.95. The molecule has 26 heavy (non-hydrogen) atoms. The molecule has 5 heteroatoms. The Labute approximate surface area is 155 Å². The van der Waals surface area contributed by atoms with Crippen LogP contribution in [-0.2, 0) is 4.79 Å². The topological polar surface area (TPSA) is 70.2 Å². The lowest BCUT2D eigenvalue weighted by Crippen LogP contribution is -2.39. The minimum atomic E-state index is -0.166. The monoisotopic (exact) mass is 355 g/mol. The third kappa shape index (κ3) is 5.10. The zero-order valence-electron chi connectivity index (χ0n) is 15.7. The number of anilines is 2. The normalized spacial score (nSPS) is 20.2. The van der Waals surface area contributed by atoms with Gasteiger partial charge in [0.05, 0.1) is 11.4 Å².